The summed E-state index contributed by atoms with van der Waals surface area (Å²) in [5.41, 5.74) is 2.12. The lowest BCUT2D eigenvalue weighted by Gasteiger charge is -2.05. The molecule has 0 bridgehead atoms. The molecule has 0 atom stereocenters. The highest BCUT2D eigenvalue weighted by Gasteiger charge is 2.03. The van der Waals surface area contributed by atoms with Gasteiger partial charge < -0.3 is 5.32 Å². The van der Waals surface area contributed by atoms with Crippen LogP contribution in [0.1, 0.15) is 10.7 Å². The first-order valence-corrected chi connectivity index (χ1v) is 6.64. The number of nitrogens with one attached hydrogen (secondary N) is 1. The van der Waals surface area contributed by atoms with Crippen molar-refractivity contribution in [1.82, 2.24) is 19.6 Å². The highest BCUT2D eigenvalue weighted by atomic mass is 32.1. The summed E-state index contributed by atoms with van der Waals surface area (Å²) in [6.07, 6.45) is 6.26. The van der Waals surface area contributed by atoms with Crippen LogP contribution in [-0.2, 0) is 6.42 Å². The Hall–Kier alpha value is -1.95. The molecule has 0 aliphatic heterocycles. The minimum absolute atomic E-state index is 0.820. The molecule has 0 saturated heterocycles. The third-order valence-electron chi connectivity index (χ3n) is 2.66. The van der Waals surface area contributed by atoms with Crippen LogP contribution in [0.15, 0.2) is 30.0 Å². The van der Waals surface area contributed by atoms with E-state index < -0.39 is 0 Å². The van der Waals surface area contributed by atoms with Gasteiger partial charge in [-0.15, -0.1) is 11.3 Å². The number of thiazole rings is 1. The zero-order chi connectivity index (χ0) is 12.4. The lowest BCUT2D eigenvalue weighted by atomic mass is 10.3. The Bertz CT molecular complexity index is 657. The minimum atomic E-state index is 0.820. The second-order valence-corrected chi connectivity index (χ2v) is 5.03. The van der Waals surface area contributed by atoms with Crippen LogP contribution < -0.4 is 5.32 Å². The first-order valence-electron chi connectivity index (χ1n) is 5.76. The predicted molar refractivity (Wildman–Crippen MR) is 72.0 cm³/mol. The van der Waals surface area contributed by atoms with Gasteiger partial charge in [0.15, 0.2) is 5.82 Å². The van der Waals surface area contributed by atoms with Crippen LogP contribution in [0.3, 0.4) is 0 Å². The number of hydrogen-bond acceptors (Lipinski definition) is 5. The van der Waals surface area contributed by atoms with Crippen LogP contribution in [-0.4, -0.2) is 26.1 Å². The summed E-state index contributed by atoms with van der Waals surface area (Å²) in [6.45, 7) is 2.84. The number of rotatable bonds is 4. The quantitative estimate of drug-likeness (QED) is 0.780. The molecule has 0 spiro atoms. The molecule has 0 aliphatic carbocycles. The van der Waals surface area contributed by atoms with Crippen molar-refractivity contribution in [3.8, 4) is 0 Å². The average Bonchev–Trinajstić information content (AvgIpc) is 2.98. The molecule has 0 amide bonds. The molecule has 0 saturated carbocycles. The summed E-state index contributed by atoms with van der Waals surface area (Å²) in [5, 5.41) is 10.7. The van der Waals surface area contributed by atoms with E-state index >= 15 is 0 Å². The van der Waals surface area contributed by atoms with Crippen LogP contribution >= 0.6 is 11.3 Å². The molecule has 0 unspecified atom stereocenters. The SMILES string of the molecule is Cc1nc(CCNc2nccn3nccc23)cs1. The Balaban J connectivity index is 1.68. The van der Waals surface area contributed by atoms with Gasteiger partial charge in [-0.05, 0) is 13.0 Å². The molecule has 3 rings (SSSR count). The first kappa shape index (κ1) is 11.2. The van der Waals surface area contributed by atoms with E-state index in [2.05, 4.69) is 25.8 Å². The lowest BCUT2D eigenvalue weighted by molar-refractivity contribution is 0.929. The molecule has 0 aromatic carbocycles. The molecule has 0 radical (unpaired) electrons. The highest BCUT2D eigenvalue weighted by molar-refractivity contribution is 7.09. The molecular formula is C12H13N5S. The summed E-state index contributed by atoms with van der Waals surface area (Å²) in [5.74, 6) is 0.863. The molecular weight excluding hydrogens is 246 g/mol. The van der Waals surface area contributed by atoms with E-state index in [1.165, 1.54) is 0 Å². The summed E-state index contributed by atoms with van der Waals surface area (Å²) < 4.78 is 1.81. The van der Waals surface area contributed by atoms with Crippen LogP contribution in [0.4, 0.5) is 5.82 Å². The number of aryl methyl sites for hydroxylation is 1. The molecule has 3 aromatic rings. The normalized spacial score (nSPS) is 10.9. The van der Waals surface area contributed by atoms with E-state index in [0.29, 0.717) is 0 Å². The fourth-order valence-corrected chi connectivity index (χ4v) is 2.47. The van der Waals surface area contributed by atoms with Gasteiger partial charge in [-0.25, -0.2) is 14.5 Å². The van der Waals surface area contributed by atoms with Gasteiger partial charge in [0.05, 0.1) is 16.9 Å². The fourth-order valence-electron chi connectivity index (χ4n) is 1.83. The molecule has 18 heavy (non-hydrogen) atoms. The van der Waals surface area contributed by atoms with Crippen molar-refractivity contribution in [2.24, 2.45) is 0 Å². The Morgan fingerprint density at radius 1 is 1.39 bits per heavy atom. The third-order valence-corrected chi connectivity index (χ3v) is 3.49. The van der Waals surface area contributed by atoms with Crippen LogP contribution in [0.25, 0.3) is 5.52 Å². The minimum Gasteiger partial charge on any atom is -0.368 e. The van der Waals surface area contributed by atoms with Gasteiger partial charge in [0, 0.05) is 30.7 Å². The van der Waals surface area contributed by atoms with E-state index in [-0.39, 0.29) is 0 Å². The van der Waals surface area contributed by atoms with Crippen molar-refractivity contribution in [2.75, 3.05) is 11.9 Å². The van der Waals surface area contributed by atoms with Crippen molar-refractivity contribution in [3.63, 3.8) is 0 Å². The number of fused-ring (bicyclic) bond motifs is 1. The van der Waals surface area contributed by atoms with Crippen molar-refractivity contribution in [2.45, 2.75) is 13.3 Å². The monoisotopic (exact) mass is 259 g/mol. The van der Waals surface area contributed by atoms with E-state index in [0.717, 1.165) is 35.0 Å². The molecule has 92 valence electrons. The van der Waals surface area contributed by atoms with Crippen molar-refractivity contribution >= 4 is 22.7 Å². The zero-order valence-electron chi connectivity index (χ0n) is 10.00. The molecule has 1 N–H and O–H groups in total. The topological polar surface area (TPSA) is 55.1 Å². The summed E-state index contributed by atoms with van der Waals surface area (Å²) in [4.78, 5) is 8.76. The van der Waals surface area contributed by atoms with Gasteiger partial charge in [0.2, 0.25) is 0 Å². The van der Waals surface area contributed by atoms with Crippen LogP contribution in [0, 0.1) is 6.92 Å². The lowest BCUT2D eigenvalue weighted by Crippen LogP contribution is -2.07. The Kier molecular flexibility index (Phi) is 2.93. The van der Waals surface area contributed by atoms with Crippen LogP contribution in [0.2, 0.25) is 0 Å². The number of nitrogens with zero attached hydrogens (tertiary/aromatic N) is 4. The Morgan fingerprint density at radius 2 is 2.33 bits per heavy atom. The Morgan fingerprint density at radius 3 is 3.17 bits per heavy atom. The maximum Gasteiger partial charge on any atom is 0.152 e. The van der Waals surface area contributed by atoms with Gasteiger partial charge in [-0.2, -0.15) is 5.10 Å². The summed E-state index contributed by atoms with van der Waals surface area (Å²) in [7, 11) is 0. The van der Waals surface area contributed by atoms with Gasteiger partial charge >= 0.3 is 0 Å². The second kappa shape index (κ2) is 4.73. The molecule has 3 aromatic heterocycles. The fraction of sp³-hybridized carbons (Fsp3) is 0.250. The maximum atomic E-state index is 4.43. The van der Waals surface area contributed by atoms with Crippen molar-refractivity contribution < 1.29 is 0 Å². The Labute approximate surface area is 109 Å². The zero-order valence-corrected chi connectivity index (χ0v) is 10.8. The summed E-state index contributed by atoms with van der Waals surface area (Å²) in [6, 6.07) is 1.95. The van der Waals surface area contributed by atoms with E-state index in [4.69, 9.17) is 0 Å². The van der Waals surface area contributed by atoms with Crippen molar-refractivity contribution in [1.29, 1.82) is 0 Å². The maximum absolute atomic E-state index is 4.43. The number of anilines is 1. The number of hydrogen-bond donors (Lipinski definition) is 1. The van der Waals surface area contributed by atoms with Gasteiger partial charge in [0.25, 0.3) is 0 Å². The largest absolute Gasteiger partial charge is 0.368 e. The smallest absolute Gasteiger partial charge is 0.152 e. The van der Waals surface area contributed by atoms with Crippen LogP contribution in [0.5, 0.6) is 0 Å². The van der Waals surface area contributed by atoms with Gasteiger partial charge in [-0.1, -0.05) is 0 Å². The molecule has 0 aliphatic rings. The van der Waals surface area contributed by atoms with Crippen molar-refractivity contribution in [3.05, 3.63) is 40.7 Å². The predicted octanol–water partition coefficient (Wildman–Crippen LogP) is 2.15. The molecule has 0 fully saturated rings. The summed E-state index contributed by atoms with van der Waals surface area (Å²) >= 11 is 1.69. The van der Waals surface area contributed by atoms with Gasteiger partial charge in [-0.3, -0.25) is 0 Å². The second-order valence-electron chi connectivity index (χ2n) is 3.97. The van der Waals surface area contributed by atoms with E-state index in [9.17, 15) is 0 Å². The van der Waals surface area contributed by atoms with E-state index in [1.807, 2.05) is 23.7 Å². The van der Waals surface area contributed by atoms with Gasteiger partial charge in [0.1, 0.15) is 5.52 Å². The first-order chi connectivity index (χ1) is 8.83. The van der Waals surface area contributed by atoms with E-state index in [1.54, 1.807) is 23.7 Å². The average molecular weight is 259 g/mol. The third kappa shape index (κ3) is 2.19. The molecule has 3 heterocycles. The molecule has 5 nitrogen and oxygen atoms in total. The molecule has 6 heteroatoms. The number of aromatic nitrogens is 4. The standard InChI is InChI=1S/C12H13N5S/c1-9-16-10(8-18-9)2-4-13-12-11-3-5-15-17(11)7-6-14-12/h3,5-8H,2,4H2,1H3,(H,13,14). The highest BCUT2D eigenvalue weighted by Crippen LogP contribution is 2.13.